The van der Waals surface area contributed by atoms with E-state index in [9.17, 15) is 4.79 Å². The van der Waals surface area contributed by atoms with Crippen molar-refractivity contribution in [3.63, 3.8) is 0 Å². The Balaban J connectivity index is 1.15. The second-order valence-electron chi connectivity index (χ2n) is 9.65. The second kappa shape index (κ2) is 12.0. The van der Waals surface area contributed by atoms with Gasteiger partial charge in [0.1, 0.15) is 18.1 Å². The standard InChI is InChI=1S/C29H30N3O5P/c1-20-5-10-28(30-17-20)37-26-4-2-3-23(14-26)13-21-6-8-22(9-7-21)15-27(33)25-16-24-11-12-32(19-36-38(34)35)29(24)31-18-25/h2-5,10-14,16-18,22,34-35H,6-9,15,19H2,1H3. The predicted molar refractivity (Wildman–Crippen MR) is 147 cm³/mol. The number of nitrogens with zero attached hydrogens (tertiary/aromatic N) is 3. The third kappa shape index (κ3) is 6.71. The van der Waals surface area contributed by atoms with E-state index in [4.69, 9.17) is 19.0 Å². The van der Waals surface area contributed by atoms with Crippen LogP contribution < -0.4 is 4.74 Å². The fraction of sp³-hybridized carbons (Fsp3) is 0.276. The Morgan fingerprint density at radius 1 is 1.11 bits per heavy atom. The Hall–Kier alpha value is -3.42. The number of carbonyl (C=O) groups excluding carboxylic acids is 1. The molecular formula is C29H30N3O5P. The zero-order chi connectivity index (χ0) is 26.5. The van der Waals surface area contributed by atoms with E-state index in [1.807, 2.05) is 49.4 Å². The normalized spacial score (nSPS) is 15.7. The number of hydrogen-bond acceptors (Lipinski definition) is 7. The van der Waals surface area contributed by atoms with Gasteiger partial charge in [-0.25, -0.2) is 9.97 Å². The number of Topliss-reactive ketones (excluding diaryl/α,β-unsaturated/α-hetero) is 1. The monoisotopic (exact) mass is 531 g/mol. The number of fused-ring (bicyclic) bond motifs is 1. The molecule has 3 aromatic heterocycles. The van der Waals surface area contributed by atoms with Gasteiger partial charge in [-0.1, -0.05) is 29.8 Å². The fourth-order valence-electron chi connectivity index (χ4n) is 4.76. The van der Waals surface area contributed by atoms with Crippen LogP contribution in [0.2, 0.25) is 0 Å². The van der Waals surface area contributed by atoms with Crippen LogP contribution in [0.5, 0.6) is 11.6 Å². The van der Waals surface area contributed by atoms with E-state index < -0.39 is 8.60 Å². The van der Waals surface area contributed by atoms with E-state index in [-0.39, 0.29) is 12.5 Å². The van der Waals surface area contributed by atoms with Crippen LogP contribution in [0.4, 0.5) is 0 Å². The summed E-state index contributed by atoms with van der Waals surface area (Å²) in [4.78, 5) is 39.6. The molecule has 0 amide bonds. The maximum atomic E-state index is 13.0. The highest BCUT2D eigenvalue weighted by atomic mass is 31.2. The van der Waals surface area contributed by atoms with Crippen LogP contribution in [0.25, 0.3) is 17.1 Å². The first-order chi connectivity index (χ1) is 18.4. The largest absolute Gasteiger partial charge is 0.439 e. The smallest absolute Gasteiger partial charge is 0.328 e. The Labute approximate surface area is 222 Å². The molecule has 1 aliphatic carbocycles. The highest BCUT2D eigenvalue weighted by Gasteiger charge is 2.21. The van der Waals surface area contributed by atoms with Gasteiger partial charge in [0.05, 0.1) is 0 Å². The maximum Gasteiger partial charge on any atom is 0.328 e. The van der Waals surface area contributed by atoms with Gasteiger partial charge in [-0.2, -0.15) is 0 Å². The summed E-state index contributed by atoms with van der Waals surface area (Å²) in [6, 6.07) is 15.6. The molecule has 8 nitrogen and oxygen atoms in total. The molecule has 5 rings (SSSR count). The van der Waals surface area contributed by atoms with E-state index in [1.54, 1.807) is 23.2 Å². The van der Waals surface area contributed by atoms with E-state index in [2.05, 4.69) is 22.1 Å². The Morgan fingerprint density at radius 3 is 2.71 bits per heavy atom. The van der Waals surface area contributed by atoms with E-state index >= 15 is 0 Å². The number of allylic oxidation sites excluding steroid dienone is 1. The SMILES string of the molecule is Cc1ccc(Oc2cccc(C=C3CCC(CC(=O)c4cnc5c(ccn5COP(O)O)c4)CC3)c2)nc1. The number of ether oxygens (including phenoxy) is 1. The van der Waals surface area contributed by atoms with Gasteiger partial charge in [0, 0.05) is 42.0 Å². The molecule has 1 aliphatic rings. The van der Waals surface area contributed by atoms with Gasteiger partial charge in [-0.05, 0) is 73.9 Å². The van der Waals surface area contributed by atoms with Crippen molar-refractivity contribution in [1.82, 2.24) is 14.5 Å². The third-order valence-corrected chi connectivity index (χ3v) is 7.14. The number of ketones is 1. The summed E-state index contributed by atoms with van der Waals surface area (Å²) >= 11 is 0. The van der Waals surface area contributed by atoms with Crippen molar-refractivity contribution in [3.8, 4) is 11.6 Å². The number of hydrogen-bond donors (Lipinski definition) is 2. The van der Waals surface area contributed by atoms with Crippen molar-refractivity contribution in [2.45, 2.75) is 45.8 Å². The molecule has 2 N–H and O–H groups in total. The van der Waals surface area contributed by atoms with Gasteiger partial charge in [0.2, 0.25) is 5.88 Å². The second-order valence-corrected chi connectivity index (χ2v) is 10.4. The molecule has 9 heteroatoms. The third-order valence-electron chi connectivity index (χ3n) is 6.79. The van der Waals surface area contributed by atoms with Gasteiger partial charge < -0.3 is 19.1 Å². The lowest BCUT2D eigenvalue weighted by molar-refractivity contribution is 0.0953. The Bertz CT molecular complexity index is 1440. The number of rotatable bonds is 9. The minimum absolute atomic E-state index is 0.0122. The average molecular weight is 532 g/mol. The summed E-state index contributed by atoms with van der Waals surface area (Å²) in [5, 5.41) is 0.817. The molecule has 0 bridgehead atoms. The topological polar surface area (TPSA) is 107 Å². The number of pyridine rings is 2. The van der Waals surface area contributed by atoms with Crippen LogP contribution in [0.15, 0.2) is 72.7 Å². The lowest BCUT2D eigenvalue weighted by atomic mass is 9.82. The molecule has 1 aromatic carbocycles. The fourth-order valence-corrected chi connectivity index (χ4v) is 4.99. The lowest BCUT2D eigenvalue weighted by Crippen LogP contribution is -2.13. The van der Waals surface area contributed by atoms with Crippen LogP contribution in [0.3, 0.4) is 0 Å². The van der Waals surface area contributed by atoms with Gasteiger partial charge in [0.15, 0.2) is 5.78 Å². The van der Waals surface area contributed by atoms with Gasteiger partial charge in [0.25, 0.3) is 0 Å². The van der Waals surface area contributed by atoms with Crippen molar-refractivity contribution in [1.29, 1.82) is 0 Å². The molecule has 1 fully saturated rings. The van der Waals surface area contributed by atoms with E-state index in [1.165, 1.54) is 5.57 Å². The highest BCUT2D eigenvalue weighted by Crippen LogP contribution is 2.33. The van der Waals surface area contributed by atoms with Crippen LogP contribution >= 0.6 is 8.60 Å². The Kier molecular flexibility index (Phi) is 8.25. The number of benzene rings is 1. The summed E-state index contributed by atoms with van der Waals surface area (Å²) in [5.41, 5.74) is 4.82. The quantitative estimate of drug-likeness (QED) is 0.186. The van der Waals surface area contributed by atoms with Gasteiger partial charge in [-0.15, -0.1) is 0 Å². The van der Waals surface area contributed by atoms with Crippen LogP contribution in [0, 0.1) is 12.8 Å². The molecule has 196 valence electrons. The molecule has 3 heterocycles. The summed E-state index contributed by atoms with van der Waals surface area (Å²) in [6.07, 6.45) is 11.8. The number of carbonyl (C=O) groups is 1. The van der Waals surface area contributed by atoms with Crippen molar-refractivity contribution in [2.75, 3.05) is 0 Å². The molecule has 0 radical (unpaired) electrons. The van der Waals surface area contributed by atoms with E-state index in [0.29, 0.717) is 29.4 Å². The van der Waals surface area contributed by atoms with E-state index in [0.717, 1.165) is 47.9 Å². The first kappa shape index (κ1) is 26.2. The van der Waals surface area contributed by atoms with Crippen molar-refractivity contribution >= 4 is 31.5 Å². The van der Waals surface area contributed by atoms with Gasteiger partial charge >= 0.3 is 8.60 Å². The summed E-state index contributed by atoms with van der Waals surface area (Å²) < 4.78 is 12.4. The molecule has 0 saturated heterocycles. The van der Waals surface area contributed by atoms with Crippen molar-refractivity contribution in [2.24, 2.45) is 5.92 Å². The number of aromatic nitrogens is 3. The lowest BCUT2D eigenvalue weighted by Gasteiger charge is -2.23. The predicted octanol–water partition coefficient (Wildman–Crippen LogP) is 6.56. The highest BCUT2D eigenvalue weighted by molar-refractivity contribution is 7.39. The zero-order valence-electron chi connectivity index (χ0n) is 21.2. The van der Waals surface area contributed by atoms with Crippen LogP contribution in [-0.2, 0) is 11.3 Å². The minimum Gasteiger partial charge on any atom is -0.439 e. The molecule has 4 aromatic rings. The molecule has 0 aliphatic heterocycles. The average Bonchev–Trinajstić information content (AvgIpc) is 3.32. The van der Waals surface area contributed by atoms with Crippen LogP contribution in [-0.4, -0.2) is 30.1 Å². The maximum absolute atomic E-state index is 13.0. The summed E-state index contributed by atoms with van der Waals surface area (Å²) in [5.74, 6) is 1.79. The summed E-state index contributed by atoms with van der Waals surface area (Å²) in [7, 11) is -2.43. The first-order valence-electron chi connectivity index (χ1n) is 12.6. The molecular weight excluding hydrogens is 501 g/mol. The van der Waals surface area contributed by atoms with Crippen LogP contribution in [0.1, 0.15) is 53.6 Å². The Morgan fingerprint density at radius 2 is 1.95 bits per heavy atom. The summed E-state index contributed by atoms with van der Waals surface area (Å²) in [6.45, 7) is 1.98. The molecule has 38 heavy (non-hydrogen) atoms. The first-order valence-corrected chi connectivity index (χ1v) is 13.8. The minimum atomic E-state index is -2.43. The molecule has 0 atom stereocenters. The zero-order valence-corrected chi connectivity index (χ0v) is 22.1. The molecule has 0 unspecified atom stereocenters. The molecule has 0 spiro atoms. The van der Waals surface area contributed by atoms with Crippen molar-refractivity contribution < 1.29 is 23.8 Å². The molecule has 1 saturated carbocycles. The van der Waals surface area contributed by atoms with Crippen molar-refractivity contribution in [3.05, 3.63) is 89.4 Å². The number of aryl methyl sites for hydroxylation is 1. The van der Waals surface area contributed by atoms with Gasteiger partial charge in [-0.3, -0.25) is 9.32 Å².